The molecule has 194 valence electrons. The van der Waals surface area contributed by atoms with E-state index >= 15 is 0 Å². The van der Waals surface area contributed by atoms with Crippen LogP contribution < -0.4 is 9.47 Å². The molecule has 0 aliphatic carbocycles. The normalized spacial score (nSPS) is 13.8. The molecule has 0 radical (unpaired) electrons. The number of anilines is 1. The fourth-order valence-electron chi connectivity index (χ4n) is 3.96. The van der Waals surface area contributed by atoms with Gasteiger partial charge in [0.2, 0.25) is 0 Å². The lowest BCUT2D eigenvalue weighted by Crippen LogP contribution is -2.33. The van der Waals surface area contributed by atoms with Crippen LogP contribution >= 0.6 is 0 Å². The van der Waals surface area contributed by atoms with Crippen LogP contribution in [0.1, 0.15) is 44.2 Å². The number of hydrogen-bond acceptors (Lipinski definition) is 5. The lowest BCUT2D eigenvalue weighted by molar-refractivity contribution is -0.696. The average molecular weight is 514 g/mol. The fraction of sp³-hybridized carbons (Fsp3) is 0.393. The van der Waals surface area contributed by atoms with E-state index in [1.807, 2.05) is 35.2 Å². The van der Waals surface area contributed by atoms with Gasteiger partial charge in [0.25, 0.3) is 10.1 Å². The highest BCUT2D eigenvalue weighted by Crippen LogP contribution is 2.25. The molecular weight excluding hydrogens is 476 g/mol. The van der Waals surface area contributed by atoms with Crippen LogP contribution in [0.4, 0.5) is 5.69 Å². The Morgan fingerprint density at radius 3 is 2.06 bits per heavy atom. The van der Waals surface area contributed by atoms with Crippen molar-refractivity contribution in [1.29, 1.82) is 0 Å². The van der Waals surface area contributed by atoms with Crippen molar-refractivity contribution in [3.8, 4) is 0 Å². The first-order valence-electron chi connectivity index (χ1n) is 12.4. The van der Waals surface area contributed by atoms with Crippen molar-refractivity contribution >= 4 is 38.7 Å². The number of aliphatic hydroxyl groups is 2. The summed E-state index contributed by atoms with van der Waals surface area (Å²) in [7, 11) is -3.92. The van der Waals surface area contributed by atoms with E-state index in [9.17, 15) is 18.6 Å². The largest absolute Gasteiger partial charge is 0.393 e. The molecule has 2 aromatic carbocycles. The van der Waals surface area contributed by atoms with Crippen LogP contribution in [0.3, 0.4) is 0 Å². The first-order chi connectivity index (χ1) is 17.1. The van der Waals surface area contributed by atoms with Crippen LogP contribution in [-0.4, -0.2) is 54.2 Å². The first kappa shape index (κ1) is 27.8. The lowest BCUT2D eigenvalue weighted by Gasteiger charge is -2.26. The summed E-state index contributed by atoms with van der Waals surface area (Å²) in [5.41, 5.74) is 3.20. The van der Waals surface area contributed by atoms with Crippen LogP contribution in [0, 0.1) is 0 Å². The molecule has 36 heavy (non-hydrogen) atoms. The zero-order valence-electron chi connectivity index (χ0n) is 21.0. The number of benzene rings is 2. The molecule has 8 heteroatoms. The van der Waals surface area contributed by atoms with Gasteiger partial charge in [-0.1, -0.05) is 30.4 Å². The molecular formula is C28H37N2O5S+. The molecule has 3 aromatic rings. The highest BCUT2D eigenvalue weighted by molar-refractivity contribution is 7.85. The van der Waals surface area contributed by atoms with Gasteiger partial charge in [0.1, 0.15) is 6.54 Å². The molecule has 0 saturated heterocycles. The standard InChI is InChI=1S/C28H36N2O5S/c1-22(31)10-17-30(18-11-23(2)32)28-9-8-26-20-25(6-7-27(26)21-28)5-4-24-12-15-29(16-13-24)14-3-19-36(33,34)35/h4-9,12-13,15-16,20-23,31-32H,3,10-11,14,17-19H2,1-2H3/p+1. The van der Waals surface area contributed by atoms with E-state index in [0.29, 0.717) is 25.8 Å². The summed E-state index contributed by atoms with van der Waals surface area (Å²) in [5, 5.41) is 21.7. The third-order valence-electron chi connectivity index (χ3n) is 6.05. The molecule has 3 rings (SSSR count). The Bertz CT molecular complexity index is 1240. The Morgan fingerprint density at radius 2 is 1.44 bits per heavy atom. The predicted octanol–water partition coefficient (Wildman–Crippen LogP) is 3.92. The molecule has 0 fully saturated rings. The van der Waals surface area contributed by atoms with Crippen LogP contribution in [0.2, 0.25) is 0 Å². The summed E-state index contributed by atoms with van der Waals surface area (Å²) in [6, 6.07) is 16.6. The molecule has 0 bridgehead atoms. The van der Waals surface area contributed by atoms with E-state index in [1.54, 1.807) is 13.8 Å². The van der Waals surface area contributed by atoms with Gasteiger partial charge in [0, 0.05) is 37.3 Å². The Hall–Kier alpha value is -2.78. The summed E-state index contributed by atoms with van der Waals surface area (Å²) in [5.74, 6) is -0.243. The second-order valence-corrected chi connectivity index (χ2v) is 11.0. The highest BCUT2D eigenvalue weighted by atomic mass is 32.2. The summed E-state index contributed by atoms with van der Waals surface area (Å²) < 4.78 is 32.4. The molecule has 3 N–H and O–H groups in total. The third kappa shape index (κ3) is 9.35. The molecule has 2 atom stereocenters. The van der Waals surface area contributed by atoms with E-state index < -0.39 is 10.1 Å². The molecule has 0 aliphatic rings. The third-order valence-corrected chi connectivity index (χ3v) is 6.85. The second kappa shape index (κ2) is 13.0. The summed E-state index contributed by atoms with van der Waals surface area (Å²) >= 11 is 0. The molecule has 0 saturated carbocycles. The molecule has 0 aliphatic heterocycles. The second-order valence-electron chi connectivity index (χ2n) is 9.40. The van der Waals surface area contributed by atoms with Crippen molar-refractivity contribution < 1.29 is 27.8 Å². The van der Waals surface area contributed by atoms with Crippen LogP contribution in [0.25, 0.3) is 22.9 Å². The number of hydrogen-bond donors (Lipinski definition) is 3. The maximum atomic E-state index is 10.8. The number of fused-ring (bicyclic) bond motifs is 1. The molecule has 1 aromatic heterocycles. The number of aryl methyl sites for hydroxylation is 1. The van der Waals surface area contributed by atoms with E-state index in [4.69, 9.17) is 4.55 Å². The summed E-state index contributed by atoms with van der Waals surface area (Å²) in [6.07, 6.45) is 8.85. The van der Waals surface area contributed by atoms with Crippen LogP contribution in [-0.2, 0) is 16.7 Å². The topological polar surface area (TPSA) is 102 Å². The minimum absolute atomic E-state index is 0.243. The van der Waals surface area contributed by atoms with Gasteiger partial charge < -0.3 is 15.1 Å². The smallest absolute Gasteiger partial charge is 0.265 e. The van der Waals surface area contributed by atoms with Crippen LogP contribution in [0.5, 0.6) is 0 Å². The molecule has 0 spiro atoms. The lowest BCUT2D eigenvalue weighted by atomic mass is 10.0. The number of aromatic nitrogens is 1. The first-order valence-corrected chi connectivity index (χ1v) is 14.0. The van der Waals surface area contributed by atoms with Gasteiger partial charge in [-0.3, -0.25) is 4.55 Å². The van der Waals surface area contributed by atoms with E-state index in [2.05, 4.69) is 47.4 Å². The van der Waals surface area contributed by atoms with E-state index in [1.165, 1.54) is 0 Å². The number of rotatable bonds is 13. The van der Waals surface area contributed by atoms with Crippen molar-refractivity contribution in [2.75, 3.05) is 23.7 Å². The molecule has 1 heterocycles. The van der Waals surface area contributed by atoms with Crippen molar-refractivity contribution in [1.82, 2.24) is 0 Å². The molecule has 7 nitrogen and oxygen atoms in total. The Labute approximate surface area is 214 Å². The predicted molar refractivity (Wildman–Crippen MR) is 145 cm³/mol. The summed E-state index contributed by atoms with van der Waals surface area (Å²) in [6.45, 7) is 5.57. The van der Waals surface area contributed by atoms with Crippen LogP contribution in [0.15, 0.2) is 60.9 Å². The maximum absolute atomic E-state index is 10.8. The van der Waals surface area contributed by atoms with E-state index in [0.717, 1.165) is 40.7 Å². The maximum Gasteiger partial charge on any atom is 0.265 e. The monoisotopic (exact) mass is 513 g/mol. The SMILES string of the molecule is CC(O)CCN(CCC(C)O)c1ccc2cc(/C=C/c3cc[n+](CCCS(=O)(=O)O)cc3)ccc2c1. The van der Waals surface area contributed by atoms with Gasteiger partial charge in [-0.25, -0.2) is 4.57 Å². The van der Waals surface area contributed by atoms with Gasteiger partial charge in [-0.05, 0) is 66.8 Å². The van der Waals surface area contributed by atoms with E-state index in [-0.39, 0.29) is 18.0 Å². The minimum atomic E-state index is -3.92. The number of aliphatic hydroxyl groups excluding tert-OH is 2. The van der Waals surface area contributed by atoms with Crippen molar-refractivity contribution in [3.05, 3.63) is 72.1 Å². The Morgan fingerprint density at radius 1 is 0.861 bits per heavy atom. The minimum Gasteiger partial charge on any atom is -0.393 e. The number of nitrogens with zero attached hydrogens (tertiary/aromatic N) is 2. The van der Waals surface area contributed by atoms with Gasteiger partial charge in [0.05, 0.1) is 18.0 Å². The van der Waals surface area contributed by atoms with Gasteiger partial charge >= 0.3 is 0 Å². The highest BCUT2D eigenvalue weighted by Gasteiger charge is 2.11. The molecule has 2 unspecified atom stereocenters. The van der Waals surface area contributed by atoms with Crippen molar-refractivity contribution in [3.63, 3.8) is 0 Å². The fourth-order valence-corrected chi connectivity index (χ4v) is 4.45. The zero-order valence-corrected chi connectivity index (χ0v) is 21.8. The zero-order chi connectivity index (χ0) is 26.1. The Kier molecular flexibility index (Phi) is 10.0. The van der Waals surface area contributed by atoms with Gasteiger partial charge in [-0.15, -0.1) is 0 Å². The van der Waals surface area contributed by atoms with Gasteiger partial charge in [0.15, 0.2) is 12.4 Å². The molecule has 0 amide bonds. The van der Waals surface area contributed by atoms with Gasteiger partial charge in [-0.2, -0.15) is 8.42 Å². The van der Waals surface area contributed by atoms with Crippen molar-refractivity contribution in [2.24, 2.45) is 0 Å². The Balaban J connectivity index is 1.67. The quantitative estimate of drug-likeness (QED) is 0.237. The summed E-state index contributed by atoms with van der Waals surface area (Å²) in [4.78, 5) is 2.22. The van der Waals surface area contributed by atoms with Crippen molar-refractivity contribution in [2.45, 2.75) is 51.9 Å². The number of pyridine rings is 1. The average Bonchev–Trinajstić information content (AvgIpc) is 2.82.